The van der Waals surface area contributed by atoms with Crippen molar-refractivity contribution in [3.05, 3.63) is 36.2 Å². The summed E-state index contributed by atoms with van der Waals surface area (Å²) in [5, 5.41) is 0. The van der Waals surface area contributed by atoms with E-state index in [2.05, 4.69) is 74.0 Å². The Hall–Kier alpha value is -2.14. The Bertz CT molecular complexity index is 1020. The van der Waals surface area contributed by atoms with Crippen LogP contribution >= 0.6 is 23.5 Å². The highest BCUT2D eigenvalue weighted by atomic mass is 32.1. The summed E-state index contributed by atoms with van der Waals surface area (Å²) in [6.45, 7) is 13.6. The third-order valence-electron chi connectivity index (χ3n) is 6.45. The highest BCUT2D eigenvalue weighted by Gasteiger charge is 2.19. The Morgan fingerprint density at radius 3 is 2.00 bits per heavy atom. The standard InChI is InChI=1S/C14H21N3OS.C13H21N3OS/c1-3-4-5-6-10-18-14-13(15-19-16-14)12-8-7-9-17(2)11-12;1-4-10(2)9-17-13-12(14-18-15-13)11-6-5-7-16(3)8-11/h3,8H,1,4-7,9-11H2,2H3;6,10H,4-5,7-9H2,1-3H3. The molecule has 0 radical (unpaired) electrons. The first kappa shape index (κ1) is 29.4. The van der Waals surface area contributed by atoms with E-state index in [0.29, 0.717) is 24.3 Å². The zero-order valence-corrected chi connectivity index (χ0v) is 24.5. The van der Waals surface area contributed by atoms with Gasteiger partial charge in [0.1, 0.15) is 11.4 Å². The summed E-state index contributed by atoms with van der Waals surface area (Å²) in [7, 11) is 4.26. The minimum absolute atomic E-state index is 0.558. The first-order valence-electron chi connectivity index (χ1n) is 13.3. The highest BCUT2D eigenvalue weighted by molar-refractivity contribution is 6.99. The first-order valence-corrected chi connectivity index (χ1v) is 14.7. The molecule has 0 spiro atoms. The smallest absolute Gasteiger partial charge is 0.253 e. The van der Waals surface area contributed by atoms with Crippen molar-refractivity contribution < 1.29 is 9.47 Å². The molecule has 37 heavy (non-hydrogen) atoms. The molecule has 8 nitrogen and oxygen atoms in total. The van der Waals surface area contributed by atoms with E-state index in [1.54, 1.807) is 0 Å². The van der Waals surface area contributed by atoms with Crippen LogP contribution in [0.25, 0.3) is 11.1 Å². The lowest BCUT2D eigenvalue weighted by molar-refractivity contribution is 0.248. The van der Waals surface area contributed by atoms with Gasteiger partial charge < -0.3 is 19.3 Å². The quantitative estimate of drug-likeness (QED) is 0.249. The van der Waals surface area contributed by atoms with Crippen molar-refractivity contribution in [1.82, 2.24) is 27.3 Å². The summed E-state index contributed by atoms with van der Waals surface area (Å²) < 4.78 is 28.9. The van der Waals surface area contributed by atoms with Crippen molar-refractivity contribution in [1.29, 1.82) is 0 Å². The molecule has 4 rings (SSSR count). The van der Waals surface area contributed by atoms with Crippen molar-refractivity contribution in [2.45, 2.75) is 52.4 Å². The SMILES string of the molecule is C=CCCCCOc1nsnc1C1=CCCN(C)C1.CCC(C)COc1nsnc1C1=CCCN(C)C1. The van der Waals surface area contributed by atoms with Crippen LogP contribution in [-0.4, -0.2) is 80.8 Å². The molecule has 1 atom stereocenters. The van der Waals surface area contributed by atoms with Crippen LogP contribution in [0.15, 0.2) is 24.8 Å². The number of allylic oxidation sites excluding steroid dienone is 1. The van der Waals surface area contributed by atoms with Crippen LogP contribution in [0.1, 0.15) is 63.8 Å². The molecule has 0 saturated heterocycles. The third-order valence-corrected chi connectivity index (χ3v) is 7.48. The fourth-order valence-electron chi connectivity index (χ4n) is 3.97. The number of unbranched alkanes of at least 4 members (excludes halogenated alkanes) is 2. The summed E-state index contributed by atoms with van der Waals surface area (Å²) in [6.07, 6.45) is 12.9. The molecule has 2 aliphatic rings. The van der Waals surface area contributed by atoms with E-state index in [0.717, 1.165) is 82.7 Å². The van der Waals surface area contributed by atoms with Crippen LogP contribution < -0.4 is 9.47 Å². The van der Waals surface area contributed by atoms with Crippen LogP contribution in [0.5, 0.6) is 11.8 Å². The number of aromatic nitrogens is 4. The van der Waals surface area contributed by atoms with Crippen LogP contribution in [-0.2, 0) is 0 Å². The molecule has 0 aliphatic carbocycles. The molecule has 2 aromatic heterocycles. The fourth-order valence-corrected chi connectivity index (χ4v) is 5.03. The normalized spacial score (nSPS) is 17.3. The Kier molecular flexibility index (Phi) is 12.7. The minimum Gasteiger partial charge on any atom is -0.475 e. The molecule has 0 fully saturated rings. The van der Waals surface area contributed by atoms with E-state index < -0.39 is 0 Å². The molecule has 0 N–H and O–H groups in total. The second-order valence-corrected chi connectivity index (χ2v) is 10.9. The van der Waals surface area contributed by atoms with E-state index in [9.17, 15) is 0 Å². The van der Waals surface area contributed by atoms with E-state index in [1.807, 2.05) is 6.08 Å². The maximum Gasteiger partial charge on any atom is 0.253 e. The Balaban J connectivity index is 0.000000206. The van der Waals surface area contributed by atoms with Gasteiger partial charge in [0.2, 0.25) is 0 Å². The second kappa shape index (κ2) is 16.0. The predicted octanol–water partition coefficient (Wildman–Crippen LogP) is 5.67. The minimum atomic E-state index is 0.558. The molecule has 1 unspecified atom stereocenters. The average Bonchev–Trinajstić information content (AvgIpc) is 3.57. The number of ether oxygens (including phenoxy) is 2. The zero-order valence-electron chi connectivity index (χ0n) is 22.8. The fraction of sp³-hybridized carbons (Fsp3) is 0.630. The molecule has 4 heterocycles. The van der Waals surface area contributed by atoms with Crippen LogP contribution in [0.2, 0.25) is 0 Å². The molecule has 0 amide bonds. The van der Waals surface area contributed by atoms with E-state index in [1.165, 1.54) is 34.6 Å². The number of hydrogen-bond acceptors (Lipinski definition) is 10. The summed E-state index contributed by atoms with van der Waals surface area (Å²) in [6, 6.07) is 0. The summed E-state index contributed by atoms with van der Waals surface area (Å²) in [5.74, 6) is 1.97. The lowest BCUT2D eigenvalue weighted by Crippen LogP contribution is -2.25. The zero-order chi connectivity index (χ0) is 26.5. The number of rotatable bonds is 12. The molecular weight excluding hydrogens is 504 g/mol. The Morgan fingerprint density at radius 1 is 0.919 bits per heavy atom. The first-order chi connectivity index (χ1) is 18.0. The highest BCUT2D eigenvalue weighted by Crippen LogP contribution is 2.28. The molecular formula is C27H42N6O2S2. The average molecular weight is 547 g/mol. The van der Waals surface area contributed by atoms with Gasteiger partial charge in [-0.25, -0.2) is 0 Å². The molecule has 2 aliphatic heterocycles. The van der Waals surface area contributed by atoms with Crippen molar-refractivity contribution in [3.8, 4) is 11.8 Å². The largest absolute Gasteiger partial charge is 0.475 e. The summed E-state index contributed by atoms with van der Waals surface area (Å²) in [4.78, 5) is 4.59. The molecule has 0 aromatic carbocycles. The van der Waals surface area contributed by atoms with Gasteiger partial charge in [0.05, 0.1) is 36.7 Å². The summed E-state index contributed by atoms with van der Waals surface area (Å²) >= 11 is 2.46. The van der Waals surface area contributed by atoms with Crippen molar-refractivity contribution in [2.24, 2.45) is 5.92 Å². The maximum absolute atomic E-state index is 5.80. The van der Waals surface area contributed by atoms with E-state index >= 15 is 0 Å². The topological polar surface area (TPSA) is 76.5 Å². The van der Waals surface area contributed by atoms with Gasteiger partial charge in [-0.1, -0.05) is 38.5 Å². The maximum atomic E-state index is 5.80. The number of likely N-dealkylation sites (N-methyl/N-ethyl adjacent to an activating group) is 2. The van der Waals surface area contributed by atoms with Crippen molar-refractivity contribution in [3.63, 3.8) is 0 Å². The van der Waals surface area contributed by atoms with Gasteiger partial charge in [-0.3, -0.25) is 0 Å². The molecule has 0 bridgehead atoms. The number of hydrogen-bond donors (Lipinski definition) is 0. The Morgan fingerprint density at radius 2 is 1.49 bits per heavy atom. The Labute approximate surface area is 230 Å². The predicted molar refractivity (Wildman–Crippen MR) is 154 cm³/mol. The van der Waals surface area contributed by atoms with Gasteiger partial charge in [0.25, 0.3) is 11.8 Å². The van der Waals surface area contributed by atoms with Gasteiger partial charge in [-0.15, -0.1) is 15.3 Å². The van der Waals surface area contributed by atoms with E-state index in [4.69, 9.17) is 9.47 Å². The monoisotopic (exact) mass is 546 g/mol. The molecule has 2 aromatic rings. The lowest BCUT2D eigenvalue weighted by Gasteiger charge is -2.22. The molecule has 0 saturated carbocycles. The molecule has 10 heteroatoms. The van der Waals surface area contributed by atoms with Gasteiger partial charge >= 0.3 is 0 Å². The summed E-state index contributed by atoms with van der Waals surface area (Å²) in [5.41, 5.74) is 4.36. The van der Waals surface area contributed by atoms with Gasteiger partial charge in [-0.2, -0.15) is 8.75 Å². The van der Waals surface area contributed by atoms with Crippen molar-refractivity contribution >= 4 is 34.6 Å². The van der Waals surface area contributed by atoms with Crippen LogP contribution in [0, 0.1) is 5.92 Å². The number of nitrogens with zero attached hydrogens (tertiary/aromatic N) is 6. The van der Waals surface area contributed by atoms with Crippen LogP contribution in [0.4, 0.5) is 0 Å². The van der Waals surface area contributed by atoms with Crippen molar-refractivity contribution in [2.75, 3.05) is 53.5 Å². The van der Waals surface area contributed by atoms with Gasteiger partial charge in [-0.05, 0) is 63.3 Å². The molecule has 204 valence electrons. The van der Waals surface area contributed by atoms with E-state index in [-0.39, 0.29) is 0 Å². The third kappa shape index (κ3) is 9.59. The van der Waals surface area contributed by atoms with Crippen LogP contribution in [0.3, 0.4) is 0 Å². The second-order valence-electron chi connectivity index (χ2n) is 9.80. The van der Waals surface area contributed by atoms with Gasteiger partial charge in [0, 0.05) is 26.2 Å². The lowest BCUT2D eigenvalue weighted by atomic mass is 10.1. The van der Waals surface area contributed by atoms with Gasteiger partial charge in [0.15, 0.2) is 0 Å².